The lowest BCUT2D eigenvalue weighted by Crippen LogP contribution is -2.49. The Kier molecular flexibility index (Phi) is 4.74. The van der Waals surface area contributed by atoms with E-state index in [4.69, 9.17) is 4.42 Å². The highest BCUT2D eigenvalue weighted by Crippen LogP contribution is 2.26. The van der Waals surface area contributed by atoms with E-state index in [0.29, 0.717) is 18.7 Å². The van der Waals surface area contributed by atoms with E-state index < -0.39 is 5.63 Å². The molecule has 1 aliphatic heterocycles. The zero-order valence-corrected chi connectivity index (χ0v) is 17.7. The molecule has 5 rings (SSSR count). The van der Waals surface area contributed by atoms with Gasteiger partial charge in [0.05, 0.1) is 0 Å². The summed E-state index contributed by atoms with van der Waals surface area (Å²) in [6.45, 7) is 6.85. The van der Waals surface area contributed by atoms with Crippen LogP contribution in [0.25, 0.3) is 21.7 Å². The molecular weight excluding hydrogens is 388 g/mol. The summed E-state index contributed by atoms with van der Waals surface area (Å²) >= 11 is 0. The fraction of sp³-hybridized carbons (Fsp3) is 0.231. The van der Waals surface area contributed by atoms with Crippen LogP contribution < -0.4 is 10.5 Å². The predicted molar refractivity (Wildman–Crippen MR) is 124 cm³/mol. The molecule has 0 spiro atoms. The van der Waals surface area contributed by atoms with Crippen molar-refractivity contribution in [3.63, 3.8) is 0 Å². The molecule has 0 bridgehead atoms. The Bertz CT molecular complexity index is 1360. The molecule has 31 heavy (non-hydrogen) atoms. The van der Waals surface area contributed by atoms with E-state index >= 15 is 0 Å². The van der Waals surface area contributed by atoms with Gasteiger partial charge in [0.25, 0.3) is 5.91 Å². The molecule has 0 saturated carbocycles. The lowest BCUT2D eigenvalue weighted by Gasteiger charge is -2.37. The second kappa shape index (κ2) is 7.58. The quantitative estimate of drug-likeness (QED) is 0.359. The summed E-state index contributed by atoms with van der Waals surface area (Å²) in [5.74, 6) is -0.260. The highest BCUT2D eigenvalue weighted by molar-refractivity contribution is 6.07. The molecule has 5 heteroatoms. The van der Waals surface area contributed by atoms with Crippen LogP contribution >= 0.6 is 0 Å². The molecule has 1 saturated heterocycles. The predicted octanol–water partition coefficient (Wildman–Crippen LogP) is 4.53. The molecule has 1 fully saturated rings. The van der Waals surface area contributed by atoms with Crippen LogP contribution in [0.4, 0.5) is 5.69 Å². The first-order valence-electron chi connectivity index (χ1n) is 10.6. The number of amides is 1. The third kappa shape index (κ3) is 3.36. The number of carbonyl (C=O) groups is 1. The number of hydrogen-bond acceptors (Lipinski definition) is 4. The van der Waals surface area contributed by atoms with E-state index in [-0.39, 0.29) is 11.5 Å². The Labute approximate surface area is 180 Å². The fourth-order valence-electron chi connectivity index (χ4n) is 4.42. The number of anilines is 1. The third-order valence-corrected chi connectivity index (χ3v) is 6.36. The van der Waals surface area contributed by atoms with Gasteiger partial charge >= 0.3 is 5.63 Å². The van der Waals surface area contributed by atoms with E-state index in [9.17, 15) is 9.59 Å². The topological polar surface area (TPSA) is 53.8 Å². The van der Waals surface area contributed by atoms with Gasteiger partial charge in [-0.25, -0.2) is 4.79 Å². The third-order valence-electron chi connectivity index (χ3n) is 6.36. The highest BCUT2D eigenvalue weighted by Gasteiger charge is 2.26. The molecular formula is C26H24N2O3. The van der Waals surface area contributed by atoms with Crippen molar-refractivity contribution >= 4 is 33.3 Å². The smallest absolute Gasteiger partial charge is 0.349 e. The fourth-order valence-corrected chi connectivity index (χ4v) is 4.42. The Morgan fingerprint density at radius 1 is 0.871 bits per heavy atom. The zero-order chi connectivity index (χ0) is 21.5. The molecule has 1 aromatic heterocycles. The molecule has 0 radical (unpaired) electrons. The maximum absolute atomic E-state index is 13.2. The average Bonchev–Trinajstić information content (AvgIpc) is 2.80. The second-order valence-corrected chi connectivity index (χ2v) is 8.14. The van der Waals surface area contributed by atoms with Crippen molar-refractivity contribution in [2.24, 2.45) is 0 Å². The Balaban J connectivity index is 1.43. The molecule has 0 aliphatic carbocycles. The lowest BCUT2D eigenvalue weighted by molar-refractivity contribution is 0.0742. The normalized spacial score (nSPS) is 14.4. The summed E-state index contributed by atoms with van der Waals surface area (Å²) in [7, 11) is 0. The lowest BCUT2D eigenvalue weighted by atomic mass is 10.0. The van der Waals surface area contributed by atoms with Crippen molar-refractivity contribution < 1.29 is 9.21 Å². The highest BCUT2D eigenvalue weighted by atomic mass is 16.4. The van der Waals surface area contributed by atoms with E-state index in [2.05, 4.69) is 36.9 Å². The first kappa shape index (κ1) is 19.4. The summed E-state index contributed by atoms with van der Waals surface area (Å²) in [5, 5.41) is 2.80. The standard InChI is InChI=1S/C26H24N2O3/c1-17-6-5-9-23(18(17)2)27-12-14-28(15-13-27)25(29)22-16-21-20-8-4-3-7-19(20)10-11-24(21)31-26(22)30/h3-11,16H,12-15H2,1-2H3. The molecule has 2 heterocycles. The van der Waals surface area contributed by atoms with Gasteiger partial charge in [0, 0.05) is 37.3 Å². The molecule has 156 valence electrons. The van der Waals surface area contributed by atoms with Gasteiger partial charge in [-0.05, 0) is 53.9 Å². The maximum Gasteiger partial charge on any atom is 0.349 e. The first-order chi connectivity index (χ1) is 15.0. The summed E-state index contributed by atoms with van der Waals surface area (Å²) in [6.07, 6.45) is 0. The number of rotatable bonds is 2. The van der Waals surface area contributed by atoms with E-state index in [1.54, 1.807) is 17.0 Å². The second-order valence-electron chi connectivity index (χ2n) is 8.14. The molecule has 0 atom stereocenters. The van der Waals surface area contributed by atoms with Crippen molar-refractivity contribution in [3.8, 4) is 0 Å². The van der Waals surface area contributed by atoms with Gasteiger partial charge in [-0.15, -0.1) is 0 Å². The van der Waals surface area contributed by atoms with Crippen LogP contribution in [-0.4, -0.2) is 37.0 Å². The van der Waals surface area contributed by atoms with Gasteiger partial charge in [-0.3, -0.25) is 4.79 Å². The van der Waals surface area contributed by atoms with Crippen LogP contribution in [0.15, 0.2) is 69.9 Å². The number of carbonyl (C=O) groups excluding carboxylic acids is 1. The molecule has 0 N–H and O–H groups in total. The van der Waals surface area contributed by atoms with E-state index in [1.165, 1.54) is 16.8 Å². The Morgan fingerprint density at radius 2 is 1.65 bits per heavy atom. The van der Waals surface area contributed by atoms with Crippen LogP contribution in [-0.2, 0) is 0 Å². The summed E-state index contributed by atoms with van der Waals surface area (Å²) in [4.78, 5) is 29.9. The van der Waals surface area contributed by atoms with Gasteiger partial charge in [0.15, 0.2) is 0 Å². The molecule has 5 nitrogen and oxygen atoms in total. The summed E-state index contributed by atoms with van der Waals surface area (Å²) < 4.78 is 5.52. The molecule has 4 aromatic rings. The number of aryl methyl sites for hydroxylation is 1. The molecule has 1 aliphatic rings. The van der Waals surface area contributed by atoms with Gasteiger partial charge in [-0.2, -0.15) is 0 Å². The van der Waals surface area contributed by atoms with Crippen LogP contribution in [0.3, 0.4) is 0 Å². The van der Waals surface area contributed by atoms with Crippen LogP contribution in [0, 0.1) is 13.8 Å². The summed E-state index contributed by atoms with van der Waals surface area (Å²) in [5.41, 5.74) is 3.76. The van der Waals surface area contributed by atoms with Crippen molar-refractivity contribution in [2.45, 2.75) is 13.8 Å². The minimum Gasteiger partial charge on any atom is -0.422 e. The Hall–Kier alpha value is -3.60. The van der Waals surface area contributed by atoms with Crippen LogP contribution in [0.1, 0.15) is 21.5 Å². The molecule has 0 unspecified atom stereocenters. The largest absolute Gasteiger partial charge is 0.422 e. The minimum absolute atomic E-state index is 0.101. The van der Waals surface area contributed by atoms with Crippen molar-refractivity contribution in [1.29, 1.82) is 0 Å². The van der Waals surface area contributed by atoms with E-state index in [1.807, 2.05) is 30.3 Å². The minimum atomic E-state index is -0.579. The monoisotopic (exact) mass is 412 g/mol. The first-order valence-corrected chi connectivity index (χ1v) is 10.6. The number of benzene rings is 3. The average molecular weight is 412 g/mol. The molecule has 3 aromatic carbocycles. The SMILES string of the molecule is Cc1cccc(N2CCN(C(=O)c3cc4c(ccc5ccccc54)oc3=O)CC2)c1C. The number of hydrogen-bond donors (Lipinski definition) is 0. The Morgan fingerprint density at radius 3 is 2.45 bits per heavy atom. The molecule has 1 amide bonds. The van der Waals surface area contributed by atoms with Crippen LogP contribution in [0.2, 0.25) is 0 Å². The van der Waals surface area contributed by atoms with Gasteiger partial charge < -0.3 is 14.2 Å². The van der Waals surface area contributed by atoms with E-state index in [0.717, 1.165) is 29.2 Å². The van der Waals surface area contributed by atoms with Gasteiger partial charge in [0.1, 0.15) is 11.1 Å². The number of nitrogens with zero attached hydrogens (tertiary/aromatic N) is 2. The summed E-state index contributed by atoms with van der Waals surface area (Å²) in [6, 6.07) is 19.6. The van der Waals surface area contributed by atoms with Crippen molar-refractivity contribution in [1.82, 2.24) is 4.90 Å². The van der Waals surface area contributed by atoms with Crippen molar-refractivity contribution in [3.05, 3.63) is 87.8 Å². The van der Waals surface area contributed by atoms with Crippen LogP contribution in [0.5, 0.6) is 0 Å². The number of piperazine rings is 1. The number of fused-ring (bicyclic) bond motifs is 3. The zero-order valence-electron chi connectivity index (χ0n) is 17.7. The van der Waals surface area contributed by atoms with Gasteiger partial charge in [0.2, 0.25) is 0 Å². The maximum atomic E-state index is 13.2. The van der Waals surface area contributed by atoms with Crippen molar-refractivity contribution in [2.75, 3.05) is 31.1 Å². The van der Waals surface area contributed by atoms with Gasteiger partial charge in [-0.1, -0.05) is 42.5 Å².